The first-order valence-corrected chi connectivity index (χ1v) is 11.3. The van der Waals surface area contributed by atoms with Crippen LogP contribution in [0, 0.1) is 5.82 Å². The largest absolute Gasteiger partial charge is 0.340 e. The minimum Gasteiger partial charge on any atom is -0.340 e. The molecule has 3 aromatic carbocycles. The van der Waals surface area contributed by atoms with Crippen LogP contribution in [0.25, 0.3) is 0 Å². The predicted molar refractivity (Wildman–Crippen MR) is 125 cm³/mol. The van der Waals surface area contributed by atoms with Gasteiger partial charge in [0.1, 0.15) is 5.82 Å². The summed E-state index contributed by atoms with van der Waals surface area (Å²) in [6, 6.07) is 18.5. The van der Waals surface area contributed by atoms with E-state index in [1.54, 1.807) is 36.4 Å². The Morgan fingerprint density at radius 1 is 0.848 bits per heavy atom. The molecule has 4 aromatic rings. The van der Waals surface area contributed by atoms with Crippen LogP contribution in [-0.2, 0) is 0 Å². The Kier molecular flexibility index (Phi) is 5.40. The van der Waals surface area contributed by atoms with Gasteiger partial charge in [0.25, 0.3) is 5.91 Å². The van der Waals surface area contributed by atoms with Gasteiger partial charge in [0.2, 0.25) is 0 Å². The maximum absolute atomic E-state index is 13.4. The second kappa shape index (κ2) is 8.39. The number of hydrogen-bond donors (Lipinski definition) is 1. The summed E-state index contributed by atoms with van der Waals surface area (Å²) in [5, 5.41) is 4.75. The van der Waals surface area contributed by atoms with Gasteiger partial charge >= 0.3 is 0 Å². The Morgan fingerprint density at radius 2 is 1.55 bits per heavy atom. The van der Waals surface area contributed by atoms with E-state index in [1.165, 1.54) is 35.6 Å². The normalized spacial score (nSPS) is 13.3. The summed E-state index contributed by atoms with van der Waals surface area (Å²) in [6.45, 7) is 0. The lowest BCUT2D eigenvalue weighted by Gasteiger charge is -2.21. The standard InChI is InChI=1S/C26H15ClFNO3S/c27-22-19(12-11-18-21(22)25(31)17-5-2-1-4-16(17)24(18)30)26(32)29-23(20-6-3-13-33-20)14-7-9-15(28)10-8-14/h1-13,23H,(H,29,32)/t23-/m0/s1. The van der Waals surface area contributed by atoms with Crippen molar-refractivity contribution >= 4 is 40.4 Å². The average molecular weight is 476 g/mol. The predicted octanol–water partition coefficient (Wildman–Crippen LogP) is 5.84. The summed E-state index contributed by atoms with van der Waals surface area (Å²) < 4.78 is 13.4. The fourth-order valence-corrected chi connectivity index (χ4v) is 5.10. The molecular formula is C26H15ClFNO3S. The van der Waals surface area contributed by atoms with Crippen LogP contribution < -0.4 is 5.32 Å². The highest BCUT2D eigenvalue weighted by atomic mass is 35.5. The number of carbonyl (C=O) groups is 3. The number of hydrogen-bond acceptors (Lipinski definition) is 4. The van der Waals surface area contributed by atoms with Gasteiger partial charge in [-0.15, -0.1) is 11.3 Å². The molecule has 0 saturated carbocycles. The molecule has 1 amide bonds. The Labute approximate surface area is 197 Å². The molecule has 4 nitrogen and oxygen atoms in total. The highest BCUT2D eigenvalue weighted by molar-refractivity contribution is 7.10. The molecule has 1 aliphatic carbocycles. The van der Waals surface area contributed by atoms with Gasteiger partial charge in [-0.2, -0.15) is 0 Å². The Morgan fingerprint density at radius 3 is 2.21 bits per heavy atom. The molecule has 162 valence electrons. The lowest BCUT2D eigenvalue weighted by Crippen LogP contribution is -2.30. The van der Waals surface area contributed by atoms with Gasteiger partial charge < -0.3 is 5.32 Å². The monoisotopic (exact) mass is 475 g/mol. The number of nitrogens with one attached hydrogen (secondary N) is 1. The topological polar surface area (TPSA) is 63.2 Å². The molecule has 1 atom stereocenters. The van der Waals surface area contributed by atoms with Gasteiger partial charge in [0.05, 0.1) is 22.2 Å². The van der Waals surface area contributed by atoms with Crippen LogP contribution in [0.15, 0.2) is 78.2 Å². The van der Waals surface area contributed by atoms with E-state index in [9.17, 15) is 18.8 Å². The van der Waals surface area contributed by atoms with Gasteiger partial charge in [0.15, 0.2) is 11.6 Å². The number of amides is 1. The number of thiophene rings is 1. The Balaban J connectivity index is 1.53. The summed E-state index contributed by atoms with van der Waals surface area (Å²) in [6.07, 6.45) is 0. The maximum atomic E-state index is 13.4. The molecule has 1 aromatic heterocycles. The van der Waals surface area contributed by atoms with Crippen molar-refractivity contribution in [3.8, 4) is 0 Å². The van der Waals surface area contributed by atoms with Crippen molar-refractivity contribution in [3.63, 3.8) is 0 Å². The third-order valence-corrected chi connectivity index (χ3v) is 6.91. The van der Waals surface area contributed by atoms with E-state index >= 15 is 0 Å². The molecule has 0 radical (unpaired) electrons. The van der Waals surface area contributed by atoms with Gasteiger partial charge in [0, 0.05) is 21.6 Å². The average Bonchev–Trinajstić information content (AvgIpc) is 3.36. The first kappa shape index (κ1) is 21.2. The van der Waals surface area contributed by atoms with Gasteiger partial charge in [-0.25, -0.2) is 4.39 Å². The molecule has 0 saturated heterocycles. The van der Waals surface area contributed by atoms with Crippen molar-refractivity contribution in [2.45, 2.75) is 6.04 Å². The van der Waals surface area contributed by atoms with Gasteiger partial charge in [-0.05, 0) is 41.3 Å². The van der Waals surface area contributed by atoms with E-state index in [4.69, 9.17) is 11.6 Å². The fraction of sp³-hybridized carbons (Fsp3) is 0.0385. The number of carbonyl (C=O) groups excluding carboxylic acids is 3. The van der Waals surface area contributed by atoms with Crippen LogP contribution in [0.2, 0.25) is 5.02 Å². The number of benzene rings is 3. The quantitative estimate of drug-likeness (QED) is 0.355. The van der Waals surface area contributed by atoms with E-state index in [0.717, 1.165) is 4.88 Å². The van der Waals surface area contributed by atoms with E-state index in [2.05, 4.69) is 5.32 Å². The molecule has 1 aliphatic rings. The zero-order chi connectivity index (χ0) is 23.1. The van der Waals surface area contributed by atoms with Crippen molar-refractivity contribution < 1.29 is 18.8 Å². The summed E-state index contributed by atoms with van der Waals surface area (Å²) in [7, 11) is 0. The lowest BCUT2D eigenvalue weighted by atomic mass is 9.83. The van der Waals surface area contributed by atoms with Gasteiger partial charge in [-0.1, -0.05) is 54.1 Å². The molecule has 1 N–H and O–H groups in total. The first-order valence-electron chi connectivity index (χ1n) is 10.1. The molecule has 0 fully saturated rings. The molecule has 0 bridgehead atoms. The minimum absolute atomic E-state index is 0.0301. The lowest BCUT2D eigenvalue weighted by molar-refractivity contribution is 0.0941. The molecule has 33 heavy (non-hydrogen) atoms. The summed E-state index contributed by atoms with van der Waals surface area (Å²) in [5.41, 5.74) is 1.56. The molecule has 7 heteroatoms. The molecule has 5 rings (SSSR count). The van der Waals surface area contributed by atoms with Crippen LogP contribution in [0.4, 0.5) is 4.39 Å². The number of fused-ring (bicyclic) bond motifs is 2. The summed E-state index contributed by atoms with van der Waals surface area (Å²) >= 11 is 7.99. The Bertz CT molecular complexity index is 1410. The Hall–Kier alpha value is -3.61. The minimum atomic E-state index is -0.539. The van der Waals surface area contributed by atoms with Crippen LogP contribution in [-0.4, -0.2) is 17.5 Å². The third-order valence-electron chi connectivity index (χ3n) is 5.58. The third kappa shape index (κ3) is 3.67. The van der Waals surface area contributed by atoms with Crippen molar-refractivity contribution in [1.29, 1.82) is 0 Å². The summed E-state index contributed by atoms with van der Waals surface area (Å²) in [4.78, 5) is 40.1. The van der Waals surface area contributed by atoms with E-state index in [-0.39, 0.29) is 38.9 Å². The molecular weight excluding hydrogens is 461 g/mol. The number of halogens is 2. The van der Waals surface area contributed by atoms with Crippen LogP contribution in [0.1, 0.15) is 58.7 Å². The highest BCUT2D eigenvalue weighted by Gasteiger charge is 2.33. The second-order valence-corrected chi connectivity index (χ2v) is 8.88. The van der Waals surface area contributed by atoms with Crippen molar-refractivity contribution in [2.24, 2.45) is 0 Å². The zero-order valence-corrected chi connectivity index (χ0v) is 18.5. The molecule has 0 unspecified atom stereocenters. The van der Waals surface area contributed by atoms with Crippen molar-refractivity contribution in [1.82, 2.24) is 5.32 Å². The van der Waals surface area contributed by atoms with Crippen molar-refractivity contribution in [3.05, 3.63) is 127 Å². The molecule has 1 heterocycles. The highest BCUT2D eigenvalue weighted by Crippen LogP contribution is 2.34. The van der Waals surface area contributed by atoms with Crippen molar-refractivity contribution in [2.75, 3.05) is 0 Å². The number of ketones is 2. The van der Waals surface area contributed by atoms with Crippen LogP contribution in [0.5, 0.6) is 0 Å². The van der Waals surface area contributed by atoms with E-state index in [1.807, 2.05) is 17.5 Å². The zero-order valence-electron chi connectivity index (χ0n) is 17.0. The molecule has 0 spiro atoms. The SMILES string of the molecule is O=C(N[C@@H](c1ccc(F)cc1)c1cccs1)c1ccc2c(c1Cl)C(=O)c1ccccc1C2=O. The smallest absolute Gasteiger partial charge is 0.253 e. The second-order valence-electron chi connectivity index (χ2n) is 7.53. The van der Waals surface area contributed by atoms with E-state index < -0.39 is 17.7 Å². The number of rotatable bonds is 4. The van der Waals surface area contributed by atoms with Crippen LogP contribution >= 0.6 is 22.9 Å². The first-order chi connectivity index (χ1) is 16.0. The van der Waals surface area contributed by atoms with Gasteiger partial charge in [-0.3, -0.25) is 14.4 Å². The fourth-order valence-electron chi connectivity index (χ4n) is 3.96. The molecule has 0 aliphatic heterocycles. The summed E-state index contributed by atoms with van der Waals surface area (Å²) in [5.74, 6) is -1.59. The maximum Gasteiger partial charge on any atom is 0.253 e. The van der Waals surface area contributed by atoms with E-state index in [0.29, 0.717) is 11.1 Å². The van der Waals surface area contributed by atoms with Crippen LogP contribution in [0.3, 0.4) is 0 Å².